The number of nitrogens with zero attached hydrogens (tertiary/aromatic N) is 2. The molecule has 58 heavy (non-hydrogen) atoms. The monoisotopic (exact) mass is 787 g/mol. The SMILES string of the molecule is C=CCOC(=O)CNC(=O)C(O)C(CCC)N=C([O-])OCC1c2ccccc2-c2ccccc21.CCC[C@@H](C=O)N=C([O-])OCC1c2ccccc2-c2ccccc21. The number of rotatable bonds is 17. The number of hydrogen-bond acceptors (Lipinski definition) is 11. The van der Waals surface area contributed by atoms with E-state index in [2.05, 4.69) is 46.1 Å². The van der Waals surface area contributed by atoms with Gasteiger partial charge in [-0.25, -0.2) is 0 Å². The second-order valence-corrected chi connectivity index (χ2v) is 13.8. The van der Waals surface area contributed by atoms with Crippen LogP contribution in [0.4, 0.5) is 0 Å². The van der Waals surface area contributed by atoms with Crippen LogP contribution in [0.3, 0.4) is 0 Å². The third-order valence-corrected chi connectivity index (χ3v) is 9.94. The zero-order valence-corrected chi connectivity index (χ0v) is 32.8. The quantitative estimate of drug-likeness (QED) is 0.0499. The Morgan fingerprint density at radius 1 is 0.724 bits per heavy atom. The van der Waals surface area contributed by atoms with E-state index in [4.69, 9.17) is 14.2 Å². The van der Waals surface area contributed by atoms with Gasteiger partial charge in [0.25, 0.3) is 5.91 Å². The van der Waals surface area contributed by atoms with Crippen molar-refractivity contribution in [1.29, 1.82) is 0 Å². The highest BCUT2D eigenvalue weighted by atomic mass is 16.6. The highest BCUT2D eigenvalue weighted by Gasteiger charge is 2.29. The predicted molar refractivity (Wildman–Crippen MR) is 218 cm³/mol. The smallest absolute Gasteiger partial charge is 0.325 e. The van der Waals surface area contributed by atoms with E-state index in [9.17, 15) is 29.7 Å². The predicted octanol–water partition coefficient (Wildman–Crippen LogP) is 4.81. The Balaban J connectivity index is 0.000000234. The van der Waals surface area contributed by atoms with Crippen LogP contribution in [0.25, 0.3) is 22.3 Å². The van der Waals surface area contributed by atoms with Gasteiger partial charge in [0, 0.05) is 25.0 Å². The van der Waals surface area contributed by atoms with Crippen LogP contribution in [0.5, 0.6) is 0 Å². The van der Waals surface area contributed by atoms with E-state index in [0.29, 0.717) is 25.5 Å². The summed E-state index contributed by atoms with van der Waals surface area (Å²) in [6, 6.07) is 30.7. The molecule has 304 valence electrons. The maximum atomic E-state index is 12.5. The molecule has 0 radical (unpaired) electrons. The van der Waals surface area contributed by atoms with Crippen LogP contribution >= 0.6 is 0 Å². The molecule has 4 aromatic rings. The average molecular weight is 788 g/mol. The summed E-state index contributed by atoms with van der Waals surface area (Å²) in [6.45, 7) is 7.15. The molecule has 2 unspecified atom stereocenters. The molecular formula is C46H49N3O9-2. The number of esters is 1. The summed E-state index contributed by atoms with van der Waals surface area (Å²) in [6.07, 6.45) is 1.21. The van der Waals surface area contributed by atoms with E-state index in [1.165, 1.54) is 17.2 Å². The number of fused-ring (bicyclic) bond motifs is 6. The van der Waals surface area contributed by atoms with Gasteiger partial charge in [0.2, 0.25) is 0 Å². The van der Waals surface area contributed by atoms with Crippen molar-refractivity contribution in [2.24, 2.45) is 9.98 Å². The zero-order valence-electron chi connectivity index (χ0n) is 32.8. The van der Waals surface area contributed by atoms with Crippen molar-refractivity contribution >= 4 is 30.3 Å². The lowest BCUT2D eigenvalue weighted by molar-refractivity contribution is -0.252. The Labute approximate surface area is 338 Å². The van der Waals surface area contributed by atoms with Crippen LogP contribution in [0.15, 0.2) is 120 Å². The van der Waals surface area contributed by atoms with Crippen LogP contribution in [0.2, 0.25) is 0 Å². The Bertz CT molecular complexity index is 2010. The molecular weight excluding hydrogens is 739 g/mol. The van der Waals surface area contributed by atoms with Crippen LogP contribution in [0, 0.1) is 0 Å². The number of aliphatic imine (C=N–C) groups is 2. The molecule has 2 aliphatic rings. The molecule has 0 bridgehead atoms. The third kappa shape index (κ3) is 10.8. The number of nitrogens with one attached hydrogen (secondary N) is 1. The second-order valence-electron chi connectivity index (χ2n) is 13.8. The molecule has 0 aliphatic heterocycles. The Morgan fingerprint density at radius 2 is 1.16 bits per heavy atom. The lowest BCUT2D eigenvalue weighted by Gasteiger charge is -2.24. The van der Waals surface area contributed by atoms with E-state index in [-0.39, 0.29) is 31.7 Å². The second kappa shape index (κ2) is 21.3. The molecule has 0 saturated heterocycles. The molecule has 2 aliphatic carbocycles. The molecule has 1 amide bonds. The number of carbonyl (C=O) groups excluding carboxylic acids is 3. The maximum absolute atomic E-state index is 12.5. The molecule has 0 heterocycles. The fraction of sp³-hybridized carbons (Fsp3) is 0.326. The first-order valence-corrected chi connectivity index (χ1v) is 19.5. The number of aliphatic hydroxyl groups is 1. The van der Waals surface area contributed by atoms with E-state index < -0.39 is 48.8 Å². The standard InChI is InChI=1S/C26H30N2O6.C20H21NO3/c1-3-9-22(24(30)25(31)27-15-23(29)33-14-4-2)28-26(32)34-16-21-19-12-7-5-10-17(19)18-11-6-8-13-20(18)21;1-2-7-14(12-22)21-20(23)24-13-19-17-10-5-3-8-15(17)16-9-4-6-11-18(16)19/h4-8,10-13,21-22,24,30H,2-3,9,14-16H2,1H3,(H,27,31)(H,28,32);3-6,8-12,14,19H,2,7,13H2,1H3,(H,21,23)/p-2/t;14-/m.0/s1. The number of hydrogen-bond donors (Lipinski definition) is 2. The van der Waals surface area contributed by atoms with Crippen molar-refractivity contribution in [2.45, 2.75) is 69.6 Å². The summed E-state index contributed by atoms with van der Waals surface area (Å²) in [5.74, 6) is -1.59. The van der Waals surface area contributed by atoms with Crippen molar-refractivity contribution in [3.8, 4) is 22.3 Å². The molecule has 12 heteroatoms. The van der Waals surface area contributed by atoms with Gasteiger partial charge in [-0.2, -0.15) is 0 Å². The summed E-state index contributed by atoms with van der Waals surface area (Å²) >= 11 is 0. The molecule has 2 N–H and O–H groups in total. The Morgan fingerprint density at radius 3 is 1.57 bits per heavy atom. The van der Waals surface area contributed by atoms with Crippen molar-refractivity contribution < 1.29 is 43.9 Å². The van der Waals surface area contributed by atoms with Crippen LogP contribution in [0.1, 0.15) is 73.6 Å². The molecule has 4 aromatic carbocycles. The van der Waals surface area contributed by atoms with Crippen molar-refractivity contribution in [3.05, 3.63) is 132 Å². The Hall–Kier alpha value is -6.27. The lowest BCUT2D eigenvalue weighted by atomic mass is 9.98. The largest absolute Gasteiger partial charge is 0.599 e. The molecule has 0 saturated carbocycles. The lowest BCUT2D eigenvalue weighted by Crippen LogP contribution is -2.44. The summed E-state index contributed by atoms with van der Waals surface area (Å²) in [4.78, 5) is 42.5. The summed E-state index contributed by atoms with van der Waals surface area (Å²) < 4.78 is 15.6. The van der Waals surface area contributed by atoms with Crippen LogP contribution in [-0.2, 0) is 28.6 Å². The molecule has 0 fully saturated rings. The van der Waals surface area contributed by atoms with Crippen molar-refractivity contribution in [2.75, 3.05) is 26.4 Å². The minimum atomic E-state index is -1.60. The summed E-state index contributed by atoms with van der Waals surface area (Å²) in [5, 5.41) is 37.1. The highest BCUT2D eigenvalue weighted by Crippen LogP contribution is 2.45. The first-order valence-electron chi connectivity index (χ1n) is 19.5. The van der Waals surface area contributed by atoms with Crippen LogP contribution < -0.4 is 15.5 Å². The number of aliphatic hydroxyl groups excluding tert-OH is 1. The fourth-order valence-electron chi connectivity index (χ4n) is 7.22. The maximum Gasteiger partial charge on any atom is 0.325 e. The summed E-state index contributed by atoms with van der Waals surface area (Å²) in [7, 11) is 0. The number of carbonyl (C=O) groups is 3. The van der Waals surface area contributed by atoms with E-state index in [1.807, 2.05) is 86.6 Å². The zero-order chi connectivity index (χ0) is 41.4. The van der Waals surface area contributed by atoms with Gasteiger partial charge in [-0.3, -0.25) is 19.6 Å². The van der Waals surface area contributed by atoms with Gasteiger partial charge >= 0.3 is 5.97 Å². The van der Waals surface area contributed by atoms with Gasteiger partial charge in [-0.1, -0.05) is 136 Å². The minimum Gasteiger partial charge on any atom is -0.599 e. The fourth-order valence-corrected chi connectivity index (χ4v) is 7.22. The number of aldehydes is 1. The number of ether oxygens (including phenoxy) is 3. The topological polar surface area (TPSA) is 182 Å². The summed E-state index contributed by atoms with van der Waals surface area (Å²) in [5.41, 5.74) is 9.05. The molecule has 0 aromatic heterocycles. The van der Waals surface area contributed by atoms with E-state index >= 15 is 0 Å². The highest BCUT2D eigenvalue weighted by molar-refractivity contribution is 5.86. The van der Waals surface area contributed by atoms with Crippen molar-refractivity contribution in [1.82, 2.24) is 5.32 Å². The van der Waals surface area contributed by atoms with Crippen molar-refractivity contribution in [3.63, 3.8) is 0 Å². The van der Waals surface area contributed by atoms with Gasteiger partial charge in [0.05, 0.1) is 6.04 Å². The third-order valence-electron chi connectivity index (χ3n) is 9.94. The first kappa shape index (κ1) is 42.9. The Kier molecular flexibility index (Phi) is 15.7. The van der Waals surface area contributed by atoms with Gasteiger partial charge in [-0.15, -0.1) is 0 Å². The van der Waals surface area contributed by atoms with Gasteiger partial charge in [0.1, 0.15) is 37.6 Å². The van der Waals surface area contributed by atoms with Gasteiger partial charge < -0.3 is 39.6 Å². The molecule has 3 atom stereocenters. The van der Waals surface area contributed by atoms with E-state index in [0.717, 1.165) is 39.8 Å². The minimum absolute atomic E-state index is 0.0115. The van der Waals surface area contributed by atoms with Crippen LogP contribution in [-0.4, -0.2) is 80.0 Å². The van der Waals surface area contributed by atoms with Gasteiger partial charge in [0.15, 0.2) is 6.10 Å². The van der Waals surface area contributed by atoms with E-state index in [1.54, 1.807) is 0 Å². The molecule has 6 rings (SSSR count). The normalized spacial score (nSPS) is 14.6. The molecule has 0 spiro atoms. The molecule has 12 nitrogen and oxygen atoms in total. The van der Waals surface area contributed by atoms with Gasteiger partial charge in [-0.05, 0) is 57.3 Å². The number of benzene rings is 4. The average Bonchev–Trinajstić information content (AvgIpc) is 3.75. The number of amides is 1. The first-order chi connectivity index (χ1) is 28.2.